The van der Waals surface area contributed by atoms with Gasteiger partial charge < -0.3 is 20.0 Å². The van der Waals surface area contributed by atoms with Crippen molar-refractivity contribution in [3.05, 3.63) is 47.2 Å². The zero-order valence-electron chi connectivity index (χ0n) is 30.0. The second-order valence-corrected chi connectivity index (χ2v) is 16.0. The minimum atomic E-state index is -0.425. The van der Waals surface area contributed by atoms with Crippen LogP contribution in [0.5, 0.6) is 0 Å². The monoisotopic (exact) mass is 683 g/mol. The summed E-state index contributed by atoms with van der Waals surface area (Å²) in [5, 5.41) is 22.6. The van der Waals surface area contributed by atoms with Crippen LogP contribution in [-0.2, 0) is 16.6 Å². The Balaban J connectivity index is 1.21. The number of benzene rings is 1. The predicted octanol–water partition coefficient (Wildman–Crippen LogP) is 5.21. The third-order valence-corrected chi connectivity index (χ3v) is 13.0. The van der Waals surface area contributed by atoms with Crippen molar-refractivity contribution in [1.82, 2.24) is 31.0 Å². The molecular formula is C39H57N9O2. The van der Waals surface area contributed by atoms with Gasteiger partial charge in [-0.2, -0.15) is 10.7 Å². The van der Waals surface area contributed by atoms with Crippen molar-refractivity contribution in [2.24, 2.45) is 28.1 Å². The summed E-state index contributed by atoms with van der Waals surface area (Å²) in [6, 6.07) is 8.94. The van der Waals surface area contributed by atoms with Crippen LogP contribution in [0.2, 0.25) is 0 Å². The van der Waals surface area contributed by atoms with Gasteiger partial charge in [-0.05, 0) is 132 Å². The van der Waals surface area contributed by atoms with Crippen LogP contribution in [-0.4, -0.2) is 84.0 Å². The van der Waals surface area contributed by atoms with Crippen LogP contribution in [0.15, 0.2) is 40.8 Å². The summed E-state index contributed by atoms with van der Waals surface area (Å²) in [5.41, 5.74) is 10.2. The van der Waals surface area contributed by atoms with Gasteiger partial charge in [0.15, 0.2) is 6.17 Å². The van der Waals surface area contributed by atoms with E-state index in [0.29, 0.717) is 18.4 Å². The third kappa shape index (κ3) is 6.90. The second kappa shape index (κ2) is 15.4. The first-order chi connectivity index (χ1) is 24.4. The van der Waals surface area contributed by atoms with Crippen molar-refractivity contribution in [3.8, 4) is 6.07 Å². The van der Waals surface area contributed by atoms with Crippen molar-refractivity contribution < 1.29 is 9.59 Å². The van der Waals surface area contributed by atoms with E-state index in [9.17, 15) is 14.9 Å². The highest BCUT2D eigenvalue weighted by molar-refractivity contribution is 5.94. The van der Waals surface area contributed by atoms with Gasteiger partial charge >= 0.3 is 0 Å². The number of fused-ring (bicyclic) bond motifs is 2. The van der Waals surface area contributed by atoms with Crippen LogP contribution in [0.25, 0.3) is 0 Å². The number of nitrogens with one attached hydrogen (secondary N) is 3. The molecule has 11 heteroatoms. The smallest absolute Gasteiger partial charge is 0.253 e. The van der Waals surface area contributed by atoms with Gasteiger partial charge in [-0.1, -0.05) is 17.9 Å². The fourth-order valence-corrected chi connectivity index (χ4v) is 10.5. The molecule has 0 radical (unpaired) electrons. The van der Waals surface area contributed by atoms with E-state index in [1.165, 1.54) is 24.0 Å². The van der Waals surface area contributed by atoms with Gasteiger partial charge in [0.05, 0.1) is 6.07 Å². The van der Waals surface area contributed by atoms with Crippen LogP contribution in [0.4, 0.5) is 0 Å². The number of rotatable bonds is 9. The molecule has 6 aliphatic rings. The maximum absolute atomic E-state index is 13.9. The Bertz CT molecular complexity index is 1480. The van der Waals surface area contributed by atoms with Gasteiger partial charge in [0.2, 0.25) is 5.91 Å². The number of aryl methyl sites for hydroxylation is 1. The molecule has 270 valence electrons. The fourth-order valence-electron chi connectivity index (χ4n) is 10.5. The number of hydrazine groups is 1. The molecule has 2 amide bonds. The Morgan fingerprint density at radius 3 is 2.50 bits per heavy atom. The SMILES string of the molecule is C=C(CN[C@@H](C)CC1(C2N=NNN2)c2ccc(C(=O)N3CCCCC3)cc2CCC2CC(C(=O)N3CCCCC3)CCC21)N1CCCC1C#N. The Morgan fingerprint density at radius 1 is 1.02 bits per heavy atom. The number of carbonyl (C=O) groups is 2. The number of piperidine rings is 2. The number of carbonyl (C=O) groups excluding carboxylic acids is 2. The highest BCUT2D eigenvalue weighted by Gasteiger charge is 2.55. The molecule has 3 saturated heterocycles. The molecule has 11 nitrogen and oxygen atoms in total. The minimum Gasteiger partial charge on any atom is -0.358 e. The Hall–Kier alpha value is -3.49. The van der Waals surface area contributed by atoms with Gasteiger partial charge in [-0.15, -0.1) is 5.11 Å². The van der Waals surface area contributed by atoms with E-state index >= 15 is 0 Å². The van der Waals surface area contributed by atoms with E-state index in [1.54, 1.807) is 0 Å². The first-order valence-electron chi connectivity index (χ1n) is 19.6. The number of likely N-dealkylation sites (tertiary alicyclic amines) is 3. The summed E-state index contributed by atoms with van der Waals surface area (Å²) in [5.74, 6) is 1.18. The molecular weight excluding hydrogens is 626 g/mol. The van der Waals surface area contributed by atoms with Gasteiger partial charge in [-0.3, -0.25) is 9.59 Å². The summed E-state index contributed by atoms with van der Waals surface area (Å²) in [7, 11) is 0. The molecule has 50 heavy (non-hydrogen) atoms. The molecule has 7 rings (SSSR count). The maximum atomic E-state index is 13.9. The van der Waals surface area contributed by atoms with Gasteiger partial charge in [-0.25, -0.2) is 5.53 Å². The van der Waals surface area contributed by atoms with E-state index in [1.807, 2.05) is 4.90 Å². The van der Waals surface area contributed by atoms with Crippen molar-refractivity contribution in [2.45, 2.75) is 120 Å². The van der Waals surface area contributed by atoms with Crippen LogP contribution in [0.1, 0.15) is 112 Å². The topological polar surface area (TPSA) is 128 Å². The lowest BCUT2D eigenvalue weighted by Gasteiger charge is -2.50. The highest BCUT2D eigenvalue weighted by Crippen LogP contribution is 2.55. The van der Waals surface area contributed by atoms with Crippen LogP contribution >= 0.6 is 0 Å². The average molecular weight is 684 g/mol. The number of hydrogen-bond acceptors (Lipinski definition) is 9. The molecule has 4 heterocycles. The maximum Gasteiger partial charge on any atom is 0.253 e. The van der Waals surface area contributed by atoms with Gasteiger partial charge in [0.1, 0.15) is 6.04 Å². The Kier molecular flexibility index (Phi) is 10.8. The lowest BCUT2D eigenvalue weighted by molar-refractivity contribution is -0.139. The van der Waals surface area contributed by atoms with Crippen molar-refractivity contribution in [1.29, 1.82) is 5.26 Å². The fraction of sp³-hybridized carbons (Fsp3) is 0.718. The molecule has 7 atom stereocenters. The first kappa shape index (κ1) is 34.9. The van der Waals surface area contributed by atoms with Gasteiger partial charge in [0, 0.05) is 67.9 Å². The predicted molar refractivity (Wildman–Crippen MR) is 192 cm³/mol. The second-order valence-electron chi connectivity index (χ2n) is 16.0. The quantitative estimate of drug-likeness (QED) is 0.326. The lowest BCUT2D eigenvalue weighted by Crippen LogP contribution is -2.57. The van der Waals surface area contributed by atoms with Crippen LogP contribution in [0.3, 0.4) is 0 Å². The summed E-state index contributed by atoms with van der Waals surface area (Å²) in [6.07, 6.45) is 13.8. The van der Waals surface area contributed by atoms with Crippen LogP contribution in [0, 0.1) is 29.1 Å². The molecule has 0 spiro atoms. The van der Waals surface area contributed by atoms with Crippen molar-refractivity contribution in [3.63, 3.8) is 0 Å². The standard InChI is InChI=1S/C39H57N9O2/c1-27(41-26-28(2)48-21-9-10-33(48)25-40)24-39(38-42-44-45-43-38)34-15-13-31(36(49)46-17-5-3-6-18-46)22-29(34)11-12-30-23-32(14-16-35(30)39)37(50)47-19-7-4-8-20-47/h13,15,22,27,30,32-33,35,38,41H,2-12,14,16-21,23-24,26H2,1H3,(H,42,45)(H,43,44)/t27-,30?,32?,33?,35?,39?/m0/s1. The molecule has 1 aromatic carbocycles. The van der Waals surface area contributed by atoms with E-state index in [2.05, 4.69) is 69.1 Å². The molecule has 1 aromatic rings. The first-order valence-corrected chi connectivity index (χ1v) is 19.6. The van der Waals surface area contributed by atoms with E-state index in [-0.39, 0.29) is 36.0 Å². The summed E-state index contributed by atoms with van der Waals surface area (Å²) >= 11 is 0. The Morgan fingerprint density at radius 2 is 1.78 bits per heavy atom. The molecule has 3 N–H and O–H groups in total. The zero-order chi connectivity index (χ0) is 34.7. The molecule has 4 aliphatic heterocycles. The summed E-state index contributed by atoms with van der Waals surface area (Å²) in [6.45, 7) is 11.6. The number of amides is 2. The minimum absolute atomic E-state index is 0.0632. The number of nitrogens with zero attached hydrogens (tertiary/aromatic N) is 6. The molecule has 4 fully saturated rings. The molecule has 0 aromatic heterocycles. The normalized spacial score (nSPS) is 31.6. The van der Waals surface area contributed by atoms with Gasteiger partial charge in [0.25, 0.3) is 5.91 Å². The van der Waals surface area contributed by atoms with Crippen molar-refractivity contribution >= 4 is 11.8 Å². The van der Waals surface area contributed by atoms with E-state index in [4.69, 9.17) is 5.11 Å². The van der Waals surface area contributed by atoms with E-state index in [0.717, 1.165) is 121 Å². The largest absolute Gasteiger partial charge is 0.358 e. The molecule has 0 bridgehead atoms. The lowest BCUT2D eigenvalue weighted by atomic mass is 9.56. The number of hydrogen-bond donors (Lipinski definition) is 3. The summed E-state index contributed by atoms with van der Waals surface area (Å²) in [4.78, 5) is 34.0. The van der Waals surface area contributed by atoms with E-state index < -0.39 is 5.41 Å². The molecule has 2 aliphatic carbocycles. The molecule has 6 unspecified atom stereocenters. The number of nitriles is 1. The Labute approximate surface area is 298 Å². The van der Waals surface area contributed by atoms with Crippen molar-refractivity contribution in [2.75, 3.05) is 39.3 Å². The van der Waals surface area contributed by atoms with Crippen LogP contribution < -0.4 is 16.3 Å². The zero-order valence-corrected chi connectivity index (χ0v) is 30.0. The highest BCUT2D eigenvalue weighted by atomic mass is 16.2. The third-order valence-electron chi connectivity index (χ3n) is 13.0. The average Bonchev–Trinajstić information content (AvgIpc) is 3.87. The summed E-state index contributed by atoms with van der Waals surface area (Å²) < 4.78 is 0. The molecule has 1 saturated carbocycles.